The molecule has 20 heavy (non-hydrogen) atoms. The summed E-state index contributed by atoms with van der Waals surface area (Å²) in [6, 6.07) is 11.5. The van der Waals surface area contributed by atoms with Gasteiger partial charge in [0.25, 0.3) is 5.56 Å². The maximum Gasteiger partial charge on any atom is 0.290 e. The van der Waals surface area contributed by atoms with Gasteiger partial charge >= 0.3 is 0 Å². The second-order valence-corrected chi connectivity index (χ2v) is 4.41. The van der Waals surface area contributed by atoms with Gasteiger partial charge in [-0.1, -0.05) is 19.1 Å². The summed E-state index contributed by atoms with van der Waals surface area (Å²) in [5.74, 6) is 1.21. The van der Waals surface area contributed by atoms with Gasteiger partial charge in [0, 0.05) is 12.6 Å². The summed E-state index contributed by atoms with van der Waals surface area (Å²) in [6.45, 7) is 3.15. The Morgan fingerprint density at radius 1 is 1.05 bits per heavy atom. The van der Waals surface area contributed by atoms with E-state index in [1.807, 2.05) is 12.1 Å². The highest BCUT2D eigenvalue weighted by atomic mass is 16.5. The first-order valence-electron chi connectivity index (χ1n) is 6.82. The summed E-state index contributed by atoms with van der Waals surface area (Å²) in [4.78, 5) is 13.9. The number of nitrogens with one attached hydrogen (secondary N) is 1. The predicted octanol–water partition coefficient (Wildman–Crippen LogP) is 2.79. The summed E-state index contributed by atoms with van der Waals surface area (Å²) < 4.78 is 11.0. The van der Waals surface area contributed by atoms with Gasteiger partial charge in [-0.25, -0.2) is 0 Å². The first-order valence-corrected chi connectivity index (χ1v) is 6.82. The molecule has 1 aromatic heterocycles. The second-order valence-electron chi connectivity index (χ2n) is 4.41. The van der Waals surface area contributed by atoms with Crippen LogP contribution in [0.2, 0.25) is 0 Å². The van der Waals surface area contributed by atoms with E-state index in [0.717, 1.165) is 18.6 Å². The molecule has 0 unspecified atom stereocenters. The minimum absolute atomic E-state index is 0.205. The number of hydrogen-bond donors (Lipinski definition) is 1. The molecule has 0 aliphatic heterocycles. The quantitative estimate of drug-likeness (QED) is 0.789. The lowest BCUT2D eigenvalue weighted by atomic mass is 10.2. The maximum atomic E-state index is 11.4. The van der Waals surface area contributed by atoms with Crippen molar-refractivity contribution in [3.05, 3.63) is 58.5 Å². The number of hydrogen-bond acceptors (Lipinski definition) is 3. The number of aromatic nitrogens is 1. The van der Waals surface area contributed by atoms with E-state index in [0.29, 0.717) is 19.0 Å². The van der Waals surface area contributed by atoms with E-state index in [9.17, 15) is 4.79 Å². The highest BCUT2D eigenvalue weighted by molar-refractivity contribution is 5.27. The van der Waals surface area contributed by atoms with Crippen LogP contribution >= 0.6 is 0 Å². The molecule has 2 aromatic rings. The van der Waals surface area contributed by atoms with E-state index in [4.69, 9.17) is 9.47 Å². The van der Waals surface area contributed by atoms with Gasteiger partial charge in [-0.2, -0.15) is 0 Å². The van der Waals surface area contributed by atoms with Gasteiger partial charge in [-0.3, -0.25) is 4.79 Å². The first-order chi connectivity index (χ1) is 9.79. The Morgan fingerprint density at radius 2 is 1.80 bits per heavy atom. The molecule has 0 spiro atoms. The Morgan fingerprint density at radius 3 is 2.50 bits per heavy atom. The van der Waals surface area contributed by atoms with Crippen LogP contribution in [0.15, 0.2) is 47.4 Å². The number of aromatic amines is 1. The van der Waals surface area contributed by atoms with Crippen LogP contribution in [0.4, 0.5) is 0 Å². The largest absolute Gasteiger partial charge is 0.493 e. The zero-order valence-electron chi connectivity index (χ0n) is 11.6. The highest BCUT2D eigenvalue weighted by Crippen LogP contribution is 2.12. The van der Waals surface area contributed by atoms with E-state index >= 15 is 0 Å². The molecule has 0 saturated heterocycles. The average Bonchev–Trinajstić information content (AvgIpc) is 2.49. The third-order valence-electron chi connectivity index (χ3n) is 2.93. The van der Waals surface area contributed by atoms with E-state index in [2.05, 4.69) is 24.0 Å². The van der Waals surface area contributed by atoms with Crippen LogP contribution in [0.5, 0.6) is 11.5 Å². The number of aryl methyl sites for hydroxylation is 1. The molecule has 0 aliphatic carbocycles. The highest BCUT2D eigenvalue weighted by Gasteiger charge is 1.99. The fourth-order valence-corrected chi connectivity index (χ4v) is 1.77. The molecule has 0 fully saturated rings. The number of benzene rings is 1. The number of rotatable bonds is 7. The van der Waals surface area contributed by atoms with E-state index in [1.54, 1.807) is 18.3 Å². The number of pyridine rings is 1. The minimum Gasteiger partial charge on any atom is -0.493 e. The Labute approximate surface area is 118 Å². The van der Waals surface area contributed by atoms with Crippen molar-refractivity contribution < 1.29 is 9.47 Å². The molecule has 0 atom stereocenters. The summed E-state index contributed by atoms with van der Waals surface area (Å²) in [7, 11) is 0. The van der Waals surface area contributed by atoms with Gasteiger partial charge in [0.1, 0.15) is 5.75 Å². The molecule has 106 valence electrons. The Balaban J connectivity index is 1.69. The Kier molecular flexibility index (Phi) is 5.24. The lowest BCUT2D eigenvalue weighted by Crippen LogP contribution is -2.12. The molecule has 1 heterocycles. The standard InChI is InChI=1S/C16H19NO3/c1-2-13-6-8-14(9-7-13)19-11-4-12-20-15-5-3-10-17-16(15)18/h3,5-10H,2,4,11-12H2,1H3,(H,17,18). The lowest BCUT2D eigenvalue weighted by Gasteiger charge is -2.08. The molecule has 4 heteroatoms. The second kappa shape index (κ2) is 7.38. The summed E-state index contributed by atoms with van der Waals surface area (Å²) >= 11 is 0. The molecule has 1 aromatic carbocycles. The Bertz CT molecular complexity index is 575. The van der Waals surface area contributed by atoms with Crippen molar-refractivity contribution in [3.63, 3.8) is 0 Å². The first kappa shape index (κ1) is 14.2. The van der Waals surface area contributed by atoms with Crippen molar-refractivity contribution in [3.8, 4) is 11.5 Å². The smallest absolute Gasteiger partial charge is 0.290 e. The minimum atomic E-state index is -0.205. The zero-order chi connectivity index (χ0) is 14.2. The molecule has 0 saturated carbocycles. The van der Waals surface area contributed by atoms with Crippen LogP contribution in [0, 0.1) is 0 Å². The molecule has 0 radical (unpaired) electrons. The van der Waals surface area contributed by atoms with Gasteiger partial charge in [0.05, 0.1) is 13.2 Å². The number of H-pyrrole nitrogens is 1. The number of ether oxygens (including phenoxy) is 2. The van der Waals surface area contributed by atoms with Crippen LogP contribution in [0.3, 0.4) is 0 Å². The summed E-state index contributed by atoms with van der Waals surface area (Å²) in [6.07, 6.45) is 3.34. The lowest BCUT2D eigenvalue weighted by molar-refractivity contribution is 0.245. The SMILES string of the molecule is CCc1ccc(OCCCOc2ccc[nH]c2=O)cc1. The van der Waals surface area contributed by atoms with Crippen molar-refractivity contribution in [2.24, 2.45) is 0 Å². The van der Waals surface area contributed by atoms with E-state index in [-0.39, 0.29) is 5.56 Å². The van der Waals surface area contributed by atoms with Crippen molar-refractivity contribution in [2.75, 3.05) is 13.2 Å². The molecule has 2 rings (SSSR count). The van der Waals surface area contributed by atoms with Crippen LogP contribution in [-0.2, 0) is 6.42 Å². The third-order valence-corrected chi connectivity index (χ3v) is 2.93. The van der Waals surface area contributed by atoms with Gasteiger partial charge in [-0.15, -0.1) is 0 Å². The average molecular weight is 273 g/mol. The summed E-state index contributed by atoms with van der Waals surface area (Å²) in [5, 5.41) is 0. The molecule has 4 nitrogen and oxygen atoms in total. The van der Waals surface area contributed by atoms with Crippen LogP contribution in [0.1, 0.15) is 18.9 Å². The molecular formula is C16H19NO3. The van der Waals surface area contributed by atoms with Crippen LogP contribution in [0.25, 0.3) is 0 Å². The van der Waals surface area contributed by atoms with Gasteiger partial charge in [0.2, 0.25) is 0 Å². The van der Waals surface area contributed by atoms with E-state index < -0.39 is 0 Å². The molecule has 0 aliphatic rings. The predicted molar refractivity (Wildman–Crippen MR) is 78.5 cm³/mol. The molecular weight excluding hydrogens is 254 g/mol. The van der Waals surface area contributed by atoms with Crippen LogP contribution in [-0.4, -0.2) is 18.2 Å². The molecule has 0 amide bonds. The maximum absolute atomic E-state index is 11.4. The van der Waals surface area contributed by atoms with E-state index in [1.165, 1.54) is 5.56 Å². The normalized spacial score (nSPS) is 10.2. The van der Waals surface area contributed by atoms with Crippen molar-refractivity contribution >= 4 is 0 Å². The molecule has 0 bridgehead atoms. The molecule has 1 N–H and O–H groups in total. The van der Waals surface area contributed by atoms with Crippen molar-refractivity contribution in [2.45, 2.75) is 19.8 Å². The monoisotopic (exact) mass is 273 g/mol. The third kappa shape index (κ3) is 4.16. The zero-order valence-corrected chi connectivity index (χ0v) is 11.6. The van der Waals surface area contributed by atoms with Crippen molar-refractivity contribution in [1.29, 1.82) is 0 Å². The van der Waals surface area contributed by atoms with Gasteiger partial charge in [0.15, 0.2) is 5.75 Å². The Hall–Kier alpha value is -2.23. The summed E-state index contributed by atoms with van der Waals surface area (Å²) in [5.41, 5.74) is 1.09. The van der Waals surface area contributed by atoms with Crippen LogP contribution < -0.4 is 15.0 Å². The fourth-order valence-electron chi connectivity index (χ4n) is 1.77. The topological polar surface area (TPSA) is 51.3 Å². The van der Waals surface area contributed by atoms with Gasteiger partial charge < -0.3 is 14.5 Å². The van der Waals surface area contributed by atoms with Crippen molar-refractivity contribution in [1.82, 2.24) is 4.98 Å². The fraction of sp³-hybridized carbons (Fsp3) is 0.312. The van der Waals surface area contributed by atoms with Gasteiger partial charge in [-0.05, 0) is 36.2 Å².